The predicted molar refractivity (Wildman–Crippen MR) is 77.8 cm³/mol. The minimum atomic E-state index is 0.644. The van der Waals surface area contributed by atoms with Crippen molar-refractivity contribution < 1.29 is 0 Å². The average molecular weight is 271 g/mol. The predicted octanol–water partition coefficient (Wildman–Crippen LogP) is 3.14. The summed E-state index contributed by atoms with van der Waals surface area (Å²) in [5.41, 5.74) is 8.24. The molecule has 19 heavy (non-hydrogen) atoms. The van der Waals surface area contributed by atoms with E-state index in [9.17, 15) is 0 Å². The van der Waals surface area contributed by atoms with Gasteiger partial charge < -0.3 is 5.73 Å². The van der Waals surface area contributed by atoms with Crippen LogP contribution in [0.2, 0.25) is 5.02 Å². The molecule has 0 aliphatic carbocycles. The van der Waals surface area contributed by atoms with Crippen LogP contribution in [0.3, 0.4) is 0 Å². The van der Waals surface area contributed by atoms with E-state index in [2.05, 4.69) is 10.2 Å². The molecule has 0 saturated heterocycles. The molecule has 0 bridgehead atoms. The van der Waals surface area contributed by atoms with E-state index >= 15 is 0 Å². The van der Waals surface area contributed by atoms with Crippen molar-refractivity contribution in [2.75, 3.05) is 5.73 Å². The molecule has 3 rings (SSSR count). The van der Waals surface area contributed by atoms with Gasteiger partial charge in [-0.15, -0.1) is 10.2 Å². The Hall–Kier alpha value is -2.33. The molecule has 0 fully saturated rings. The van der Waals surface area contributed by atoms with Crippen molar-refractivity contribution in [2.24, 2.45) is 0 Å². The van der Waals surface area contributed by atoms with Gasteiger partial charge in [0.15, 0.2) is 11.5 Å². The number of hydrogen-bond donors (Lipinski definition) is 1. The number of nitrogens with zero attached hydrogens (tertiary/aromatic N) is 3. The zero-order chi connectivity index (χ0) is 13.2. The van der Waals surface area contributed by atoms with Gasteiger partial charge in [0.25, 0.3) is 0 Å². The fourth-order valence-electron chi connectivity index (χ4n) is 1.83. The molecule has 0 aliphatic heterocycles. The Morgan fingerprint density at radius 3 is 2.84 bits per heavy atom. The topological polar surface area (TPSA) is 56.2 Å². The number of fused-ring (bicyclic) bond motifs is 1. The van der Waals surface area contributed by atoms with Crippen molar-refractivity contribution in [3.05, 3.63) is 59.0 Å². The molecule has 0 saturated carbocycles. The third-order valence-electron chi connectivity index (χ3n) is 2.73. The molecule has 2 heterocycles. The molecule has 2 N–H and O–H groups in total. The first-order chi connectivity index (χ1) is 9.22. The molecular formula is C14H11ClN4. The van der Waals surface area contributed by atoms with Gasteiger partial charge in [-0.3, -0.25) is 4.40 Å². The molecular weight excluding hydrogens is 260 g/mol. The van der Waals surface area contributed by atoms with Crippen molar-refractivity contribution in [3.63, 3.8) is 0 Å². The fourth-order valence-corrected chi connectivity index (χ4v) is 1.99. The quantitative estimate of drug-likeness (QED) is 0.728. The smallest absolute Gasteiger partial charge is 0.161 e. The van der Waals surface area contributed by atoms with E-state index in [-0.39, 0.29) is 0 Å². The van der Waals surface area contributed by atoms with Gasteiger partial charge in [0.05, 0.1) is 5.02 Å². The van der Waals surface area contributed by atoms with E-state index in [1.54, 1.807) is 12.3 Å². The Morgan fingerprint density at radius 1 is 1.11 bits per heavy atom. The maximum atomic E-state index is 5.97. The van der Waals surface area contributed by atoms with E-state index in [1.165, 1.54) is 0 Å². The van der Waals surface area contributed by atoms with Gasteiger partial charge in [0.2, 0.25) is 0 Å². The molecule has 1 aromatic carbocycles. The van der Waals surface area contributed by atoms with Crippen LogP contribution < -0.4 is 5.73 Å². The summed E-state index contributed by atoms with van der Waals surface area (Å²) in [5.74, 6) is 0.722. The number of aromatic nitrogens is 3. The number of anilines is 1. The molecule has 3 aromatic rings. The summed E-state index contributed by atoms with van der Waals surface area (Å²) < 4.78 is 1.84. The number of rotatable bonds is 2. The molecule has 0 atom stereocenters. The second kappa shape index (κ2) is 4.74. The molecule has 5 heteroatoms. The maximum Gasteiger partial charge on any atom is 0.161 e. The van der Waals surface area contributed by atoms with Crippen LogP contribution >= 0.6 is 11.6 Å². The highest BCUT2D eigenvalue weighted by atomic mass is 35.5. The fraction of sp³-hybridized carbons (Fsp3) is 0. The lowest BCUT2D eigenvalue weighted by Crippen LogP contribution is -1.87. The van der Waals surface area contributed by atoms with Crippen molar-refractivity contribution in [3.8, 4) is 0 Å². The van der Waals surface area contributed by atoms with Crippen LogP contribution in [0.5, 0.6) is 0 Å². The Morgan fingerprint density at radius 2 is 2.00 bits per heavy atom. The van der Waals surface area contributed by atoms with Gasteiger partial charge in [0.1, 0.15) is 0 Å². The van der Waals surface area contributed by atoms with Crippen molar-refractivity contribution in [1.29, 1.82) is 0 Å². The van der Waals surface area contributed by atoms with Gasteiger partial charge in [-0.05, 0) is 35.9 Å². The zero-order valence-electron chi connectivity index (χ0n) is 9.99. The number of benzene rings is 1. The van der Waals surface area contributed by atoms with E-state index in [0.717, 1.165) is 22.7 Å². The Bertz CT molecular complexity index is 761. The lowest BCUT2D eigenvalue weighted by atomic mass is 10.2. The van der Waals surface area contributed by atoms with Gasteiger partial charge in [-0.2, -0.15) is 0 Å². The third kappa shape index (κ3) is 2.44. The number of halogens is 1. The largest absolute Gasteiger partial charge is 0.399 e. The minimum Gasteiger partial charge on any atom is -0.399 e. The summed E-state index contributed by atoms with van der Waals surface area (Å²) in [6.07, 6.45) is 5.61. The van der Waals surface area contributed by atoms with Crippen LogP contribution in [-0.2, 0) is 0 Å². The standard InChI is InChI=1S/C14H11ClN4/c15-11-5-7-14-18-17-13(19(14)9-11)6-4-10-2-1-3-12(16)8-10/h1-9H,16H2/b6-4-. The number of hydrogen-bond acceptors (Lipinski definition) is 3. The first kappa shape index (κ1) is 11.7. The molecule has 4 nitrogen and oxygen atoms in total. The monoisotopic (exact) mass is 270 g/mol. The Labute approximate surface area is 115 Å². The van der Waals surface area contributed by atoms with Crippen molar-refractivity contribution >= 4 is 35.1 Å². The molecule has 0 aliphatic rings. The van der Waals surface area contributed by atoms with E-state index in [0.29, 0.717) is 5.02 Å². The SMILES string of the molecule is Nc1cccc(/C=C\c2nnc3ccc(Cl)cn23)c1. The number of nitrogen functional groups attached to an aromatic ring is 1. The van der Waals surface area contributed by atoms with E-state index in [4.69, 9.17) is 17.3 Å². The number of pyridine rings is 1. The lowest BCUT2D eigenvalue weighted by Gasteiger charge is -1.97. The normalized spacial score (nSPS) is 11.4. The first-order valence-corrected chi connectivity index (χ1v) is 6.14. The molecule has 0 spiro atoms. The van der Waals surface area contributed by atoms with Gasteiger partial charge in [-0.1, -0.05) is 29.8 Å². The van der Waals surface area contributed by atoms with Crippen LogP contribution in [0.4, 0.5) is 5.69 Å². The molecule has 0 radical (unpaired) electrons. The Kier molecular flexibility index (Phi) is 2.93. The summed E-state index contributed by atoms with van der Waals surface area (Å²) in [4.78, 5) is 0. The van der Waals surface area contributed by atoms with Gasteiger partial charge in [0, 0.05) is 11.9 Å². The van der Waals surface area contributed by atoms with Crippen LogP contribution in [0.15, 0.2) is 42.6 Å². The lowest BCUT2D eigenvalue weighted by molar-refractivity contribution is 1.08. The first-order valence-electron chi connectivity index (χ1n) is 5.76. The summed E-state index contributed by atoms with van der Waals surface area (Å²) in [5, 5.41) is 8.82. The van der Waals surface area contributed by atoms with E-state index in [1.807, 2.05) is 46.9 Å². The van der Waals surface area contributed by atoms with Gasteiger partial charge >= 0.3 is 0 Å². The average Bonchev–Trinajstić information content (AvgIpc) is 2.79. The van der Waals surface area contributed by atoms with Gasteiger partial charge in [-0.25, -0.2) is 0 Å². The third-order valence-corrected chi connectivity index (χ3v) is 2.95. The van der Waals surface area contributed by atoms with Crippen LogP contribution in [0, 0.1) is 0 Å². The minimum absolute atomic E-state index is 0.644. The molecule has 2 aromatic heterocycles. The summed E-state index contributed by atoms with van der Waals surface area (Å²) in [7, 11) is 0. The Balaban J connectivity index is 1.99. The zero-order valence-corrected chi connectivity index (χ0v) is 10.7. The second-order valence-corrected chi connectivity index (χ2v) is 4.57. The number of nitrogens with two attached hydrogens (primary N) is 1. The molecule has 94 valence electrons. The summed E-state index contributed by atoms with van der Waals surface area (Å²) in [6.45, 7) is 0. The summed E-state index contributed by atoms with van der Waals surface area (Å²) >= 11 is 5.97. The molecule has 0 amide bonds. The highest BCUT2D eigenvalue weighted by Crippen LogP contribution is 2.14. The highest BCUT2D eigenvalue weighted by Gasteiger charge is 2.02. The highest BCUT2D eigenvalue weighted by molar-refractivity contribution is 6.30. The summed E-state index contributed by atoms with van der Waals surface area (Å²) in [6, 6.07) is 11.2. The second-order valence-electron chi connectivity index (χ2n) is 4.14. The van der Waals surface area contributed by atoms with Crippen LogP contribution in [0.25, 0.3) is 17.8 Å². The van der Waals surface area contributed by atoms with Crippen molar-refractivity contribution in [1.82, 2.24) is 14.6 Å². The van der Waals surface area contributed by atoms with E-state index < -0.39 is 0 Å². The van der Waals surface area contributed by atoms with Crippen molar-refractivity contribution in [2.45, 2.75) is 0 Å². The maximum absolute atomic E-state index is 5.97. The van der Waals surface area contributed by atoms with Crippen LogP contribution in [0.1, 0.15) is 11.4 Å². The molecule has 0 unspecified atom stereocenters. The van der Waals surface area contributed by atoms with Crippen LogP contribution in [-0.4, -0.2) is 14.6 Å².